The molecule has 0 radical (unpaired) electrons. The minimum atomic E-state index is -0.341. The van der Waals surface area contributed by atoms with Gasteiger partial charge < -0.3 is 4.74 Å². The minimum absolute atomic E-state index is 0.116. The van der Waals surface area contributed by atoms with Crippen LogP contribution in [0.3, 0.4) is 0 Å². The average Bonchev–Trinajstić information content (AvgIpc) is 3.52. The van der Waals surface area contributed by atoms with Gasteiger partial charge in [0.25, 0.3) is 0 Å². The minimum Gasteiger partial charge on any atom is -0.469 e. The standard InChI is InChI=1S/C22H18N2O2S/c1-26-21(25)22(9-10-22)14-27-20-8-11-24-13-19(20)18-7-6-15(12-23)16-4-2-3-5-17(16)18/h2-8,11,13H,9-10,14H2,1H3. The Morgan fingerprint density at radius 1 is 1.19 bits per heavy atom. The Balaban J connectivity index is 1.73. The third-order valence-corrected chi connectivity index (χ3v) is 6.46. The lowest BCUT2D eigenvalue weighted by Gasteiger charge is -2.15. The Morgan fingerprint density at radius 2 is 1.96 bits per heavy atom. The van der Waals surface area contributed by atoms with Gasteiger partial charge in [0.05, 0.1) is 24.2 Å². The number of nitrogens with zero attached hydrogens (tertiary/aromatic N) is 2. The number of nitriles is 1. The summed E-state index contributed by atoms with van der Waals surface area (Å²) in [6, 6.07) is 16.0. The molecule has 5 heteroatoms. The van der Waals surface area contributed by atoms with Gasteiger partial charge in [-0.2, -0.15) is 5.26 Å². The number of carbonyl (C=O) groups excluding carboxylic acids is 1. The van der Waals surface area contributed by atoms with E-state index < -0.39 is 0 Å². The summed E-state index contributed by atoms with van der Waals surface area (Å²) < 4.78 is 4.97. The lowest BCUT2D eigenvalue weighted by atomic mass is 9.96. The zero-order chi connectivity index (χ0) is 18.9. The van der Waals surface area contributed by atoms with Gasteiger partial charge in [-0.1, -0.05) is 30.3 Å². The Hall–Kier alpha value is -2.84. The third kappa shape index (κ3) is 3.17. The second-order valence-electron chi connectivity index (χ2n) is 6.75. The largest absolute Gasteiger partial charge is 0.469 e. The highest BCUT2D eigenvalue weighted by atomic mass is 32.2. The molecule has 4 nitrogen and oxygen atoms in total. The van der Waals surface area contributed by atoms with Crippen LogP contribution in [0.15, 0.2) is 59.8 Å². The third-order valence-electron chi connectivity index (χ3n) is 5.09. The molecule has 0 saturated heterocycles. The molecule has 1 aliphatic rings. The predicted molar refractivity (Wildman–Crippen MR) is 106 cm³/mol. The van der Waals surface area contributed by atoms with Crippen molar-refractivity contribution in [2.75, 3.05) is 12.9 Å². The molecule has 1 fully saturated rings. The molecule has 3 aromatic rings. The quantitative estimate of drug-likeness (QED) is 0.473. The summed E-state index contributed by atoms with van der Waals surface area (Å²) in [5.41, 5.74) is 2.38. The fraction of sp³-hybridized carbons (Fsp3) is 0.227. The van der Waals surface area contributed by atoms with Crippen LogP contribution < -0.4 is 0 Å². The summed E-state index contributed by atoms with van der Waals surface area (Å²) in [6.07, 6.45) is 5.39. The van der Waals surface area contributed by atoms with Crippen molar-refractivity contribution < 1.29 is 9.53 Å². The first-order chi connectivity index (χ1) is 13.2. The number of pyridine rings is 1. The summed E-state index contributed by atoms with van der Waals surface area (Å²) in [6.45, 7) is 0. The van der Waals surface area contributed by atoms with E-state index in [1.807, 2.05) is 48.7 Å². The van der Waals surface area contributed by atoms with Crippen molar-refractivity contribution in [3.8, 4) is 17.2 Å². The molecule has 0 amide bonds. The SMILES string of the molecule is COC(=O)C1(CSc2ccncc2-c2ccc(C#N)c3ccccc23)CC1. The van der Waals surface area contributed by atoms with E-state index in [1.165, 1.54) is 7.11 Å². The van der Waals surface area contributed by atoms with Crippen molar-refractivity contribution in [1.82, 2.24) is 4.98 Å². The van der Waals surface area contributed by atoms with Gasteiger partial charge in [0, 0.05) is 34.0 Å². The Bertz CT molecular complexity index is 1070. The molecule has 1 saturated carbocycles. The topological polar surface area (TPSA) is 63.0 Å². The summed E-state index contributed by atoms with van der Waals surface area (Å²) in [5, 5.41) is 11.4. The van der Waals surface area contributed by atoms with E-state index in [-0.39, 0.29) is 11.4 Å². The van der Waals surface area contributed by atoms with Crippen LogP contribution in [0.1, 0.15) is 18.4 Å². The van der Waals surface area contributed by atoms with Crippen LogP contribution in [0.2, 0.25) is 0 Å². The maximum atomic E-state index is 12.0. The van der Waals surface area contributed by atoms with Crippen LogP contribution in [-0.4, -0.2) is 23.8 Å². The van der Waals surface area contributed by atoms with Gasteiger partial charge in [-0.15, -0.1) is 11.8 Å². The number of aromatic nitrogens is 1. The first-order valence-electron chi connectivity index (χ1n) is 8.76. The van der Waals surface area contributed by atoms with Crippen molar-refractivity contribution in [2.45, 2.75) is 17.7 Å². The molecule has 4 rings (SSSR count). The van der Waals surface area contributed by atoms with E-state index in [4.69, 9.17) is 4.74 Å². The predicted octanol–water partition coefficient (Wildman–Crippen LogP) is 4.82. The molecule has 0 spiro atoms. The molecule has 1 aromatic heterocycles. The molecule has 2 aromatic carbocycles. The number of thioether (sulfide) groups is 1. The fourth-order valence-corrected chi connectivity index (χ4v) is 4.65. The molecule has 1 aliphatic carbocycles. The van der Waals surface area contributed by atoms with Crippen molar-refractivity contribution in [3.63, 3.8) is 0 Å². The Morgan fingerprint density at radius 3 is 2.67 bits per heavy atom. The van der Waals surface area contributed by atoms with E-state index in [2.05, 4.69) is 11.1 Å². The monoisotopic (exact) mass is 374 g/mol. The maximum absolute atomic E-state index is 12.0. The normalized spacial score (nSPS) is 14.5. The van der Waals surface area contributed by atoms with Gasteiger partial charge in [-0.3, -0.25) is 9.78 Å². The number of hydrogen-bond acceptors (Lipinski definition) is 5. The number of hydrogen-bond donors (Lipinski definition) is 0. The van der Waals surface area contributed by atoms with E-state index in [0.29, 0.717) is 11.3 Å². The first kappa shape index (κ1) is 17.6. The first-order valence-corrected chi connectivity index (χ1v) is 9.74. The molecule has 1 heterocycles. The Kier molecular flexibility index (Phi) is 4.59. The van der Waals surface area contributed by atoms with Crippen LogP contribution in [-0.2, 0) is 9.53 Å². The fourth-order valence-electron chi connectivity index (χ4n) is 3.33. The van der Waals surface area contributed by atoms with Crippen molar-refractivity contribution in [3.05, 3.63) is 60.4 Å². The van der Waals surface area contributed by atoms with Gasteiger partial charge in [-0.25, -0.2) is 0 Å². The lowest BCUT2D eigenvalue weighted by Crippen LogP contribution is -2.19. The zero-order valence-corrected chi connectivity index (χ0v) is 15.8. The Labute approximate surface area is 162 Å². The maximum Gasteiger partial charge on any atom is 0.312 e. The van der Waals surface area contributed by atoms with Crippen LogP contribution in [0, 0.1) is 16.7 Å². The highest BCUT2D eigenvalue weighted by Gasteiger charge is 2.50. The van der Waals surface area contributed by atoms with E-state index >= 15 is 0 Å². The molecule has 0 N–H and O–H groups in total. The van der Waals surface area contributed by atoms with E-state index in [0.717, 1.165) is 39.6 Å². The molecule has 134 valence electrons. The van der Waals surface area contributed by atoms with Gasteiger partial charge >= 0.3 is 5.97 Å². The van der Waals surface area contributed by atoms with Crippen molar-refractivity contribution in [2.24, 2.45) is 5.41 Å². The number of methoxy groups -OCH3 is 1. The number of benzene rings is 2. The van der Waals surface area contributed by atoms with Crippen LogP contribution in [0.5, 0.6) is 0 Å². The number of fused-ring (bicyclic) bond motifs is 1. The van der Waals surface area contributed by atoms with Gasteiger partial charge in [-0.05, 0) is 35.9 Å². The zero-order valence-electron chi connectivity index (χ0n) is 14.9. The molecule has 0 atom stereocenters. The summed E-state index contributed by atoms with van der Waals surface area (Å²) in [4.78, 5) is 17.4. The molecule has 0 bridgehead atoms. The molecule has 0 aliphatic heterocycles. The van der Waals surface area contributed by atoms with Crippen LogP contribution in [0.4, 0.5) is 0 Å². The molecular formula is C22H18N2O2S. The number of ether oxygens (including phenoxy) is 1. The van der Waals surface area contributed by atoms with Crippen molar-refractivity contribution in [1.29, 1.82) is 5.26 Å². The number of carbonyl (C=O) groups is 1. The average molecular weight is 374 g/mol. The van der Waals surface area contributed by atoms with Gasteiger partial charge in [0.1, 0.15) is 0 Å². The van der Waals surface area contributed by atoms with Crippen molar-refractivity contribution >= 4 is 28.5 Å². The summed E-state index contributed by atoms with van der Waals surface area (Å²) in [7, 11) is 1.45. The summed E-state index contributed by atoms with van der Waals surface area (Å²) in [5.74, 6) is 0.583. The van der Waals surface area contributed by atoms with Gasteiger partial charge in [0.2, 0.25) is 0 Å². The van der Waals surface area contributed by atoms with Crippen LogP contribution >= 0.6 is 11.8 Å². The lowest BCUT2D eigenvalue weighted by molar-refractivity contribution is -0.146. The highest BCUT2D eigenvalue weighted by molar-refractivity contribution is 7.99. The number of rotatable bonds is 5. The number of esters is 1. The second kappa shape index (κ2) is 7.05. The smallest absolute Gasteiger partial charge is 0.312 e. The van der Waals surface area contributed by atoms with E-state index in [1.54, 1.807) is 18.0 Å². The van der Waals surface area contributed by atoms with Crippen LogP contribution in [0.25, 0.3) is 21.9 Å². The second-order valence-corrected chi connectivity index (χ2v) is 7.77. The molecule has 0 unspecified atom stereocenters. The van der Waals surface area contributed by atoms with Gasteiger partial charge in [0.15, 0.2) is 0 Å². The molecular weight excluding hydrogens is 356 g/mol. The highest BCUT2D eigenvalue weighted by Crippen LogP contribution is 2.51. The molecule has 27 heavy (non-hydrogen) atoms. The van der Waals surface area contributed by atoms with E-state index in [9.17, 15) is 10.1 Å². The summed E-state index contributed by atoms with van der Waals surface area (Å²) >= 11 is 1.67.